The average molecular weight is 538 g/mol. The number of hydrogen-bond donors (Lipinski definition) is 4. The van der Waals surface area contributed by atoms with E-state index in [1.807, 2.05) is 18.2 Å². The number of methoxy groups -OCH3 is 1. The number of esters is 2. The summed E-state index contributed by atoms with van der Waals surface area (Å²) in [4.78, 5) is 57.0. The number of carbonyl (C=O) groups excluding carboxylic acids is 2. The first kappa shape index (κ1) is 30.0. The van der Waals surface area contributed by atoms with E-state index in [9.17, 15) is 33.8 Å². The summed E-state index contributed by atoms with van der Waals surface area (Å²) in [6.07, 6.45) is -2.08. The Hall–Kier alpha value is -3.24. The molecule has 202 valence electrons. The van der Waals surface area contributed by atoms with Gasteiger partial charge in [0, 0.05) is 0 Å². The largest absolute Gasteiger partial charge is 0.497 e. The summed E-state index contributed by atoms with van der Waals surface area (Å²) >= 11 is 0. The maximum atomic E-state index is 12.6. The maximum absolute atomic E-state index is 12.6. The third kappa shape index (κ3) is 8.40. The van der Waals surface area contributed by atoms with Crippen LogP contribution in [0.5, 0.6) is 5.75 Å². The van der Waals surface area contributed by atoms with E-state index in [0.29, 0.717) is 11.3 Å². The van der Waals surface area contributed by atoms with E-state index in [1.54, 1.807) is 37.4 Å². The number of hydrogen-bond acceptors (Lipinski definition) is 8. The molecule has 0 heterocycles. The predicted octanol–water partition coefficient (Wildman–Crippen LogP) is 2.73. The number of rotatable bonds is 14. The van der Waals surface area contributed by atoms with Crippen LogP contribution in [0.25, 0.3) is 11.1 Å². The Morgan fingerprint density at radius 1 is 0.946 bits per heavy atom. The summed E-state index contributed by atoms with van der Waals surface area (Å²) < 4.78 is 27.5. The number of aliphatic carboxylic acids is 1. The summed E-state index contributed by atoms with van der Waals surface area (Å²) in [6.45, 7) is 2.87. The molecule has 0 amide bonds. The van der Waals surface area contributed by atoms with Crippen LogP contribution in [0.4, 0.5) is 0 Å². The van der Waals surface area contributed by atoms with Crippen LogP contribution in [0.15, 0.2) is 48.5 Å². The standard InChI is InChI=1S/C25H32NO10P/c1-4-35-22(27)15-25(37(31,32)33,16-23(28)36-5-2)26-21(24(29)30)13-17-9-11-18(12-10-17)19-7-6-8-20(14-19)34-3/h6-12,14,21,26H,4-5,13,15-16H2,1-3H3,(H,29,30)(H2,31,32,33)/t21-/m0/s1. The first-order chi connectivity index (χ1) is 17.4. The zero-order chi connectivity index (χ0) is 27.6. The minimum Gasteiger partial charge on any atom is -0.497 e. The Labute approximate surface area is 214 Å². The molecule has 0 radical (unpaired) electrons. The van der Waals surface area contributed by atoms with Crippen molar-refractivity contribution < 1.29 is 48.1 Å². The van der Waals surface area contributed by atoms with Crippen LogP contribution >= 0.6 is 7.60 Å². The van der Waals surface area contributed by atoms with Gasteiger partial charge in [0.2, 0.25) is 0 Å². The Morgan fingerprint density at radius 2 is 1.51 bits per heavy atom. The zero-order valence-electron chi connectivity index (χ0n) is 20.9. The first-order valence-electron chi connectivity index (χ1n) is 11.6. The minimum atomic E-state index is -5.30. The van der Waals surface area contributed by atoms with E-state index in [1.165, 1.54) is 13.8 Å². The van der Waals surface area contributed by atoms with Crippen LogP contribution in [-0.4, -0.2) is 64.4 Å². The molecule has 12 heteroatoms. The third-order valence-electron chi connectivity index (χ3n) is 5.58. The molecular weight excluding hydrogens is 505 g/mol. The van der Waals surface area contributed by atoms with Crippen molar-refractivity contribution in [3.63, 3.8) is 0 Å². The molecule has 0 aliphatic carbocycles. The van der Waals surface area contributed by atoms with Crippen molar-refractivity contribution >= 4 is 25.5 Å². The molecule has 2 rings (SSSR count). The van der Waals surface area contributed by atoms with Crippen molar-refractivity contribution in [3.05, 3.63) is 54.1 Å². The molecule has 0 bridgehead atoms. The summed E-state index contributed by atoms with van der Waals surface area (Å²) in [6, 6.07) is 12.7. The van der Waals surface area contributed by atoms with Gasteiger partial charge in [-0.3, -0.25) is 24.3 Å². The van der Waals surface area contributed by atoms with E-state index < -0.39 is 49.7 Å². The number of carbonyl (C=O) groups is 3. The fraction of sp³-hybridized carbons (Fsp3) is 0.400. The van der Waals surface area contributed by atoms with Crippen molar-refractivity contribution in [2.45, 2.75) is 44.4 Å². The highest BCUT2D eigenvalue weighted by molar-refractivity contribution is 7.53. The van der Waals surface area contributed by atoms with Crippen LogP contribution in [0.2, 0.25) is 0 Å². The molecule has 0 aromatic heterocycles. The van der Waals surface area contributed by atoms with Gasteiger partial charge in [0.15, 0.2) is 0 Å². The summed E-state index contributed by atoms with van der Waals surface area (Å²) in [5.74, 6) is -2.76. The average Bonchev–Trinajstić information content (AvgIpc) is 2.83. The van der Waals surface area contributed by atoms with Crippen LogP contribution in [-0.2, 0) is 34.8 Å². The summed E-state index contributed by atoms with van der Waals surface area (Å²) in [7, 11) is -3.75. The van der Waals surface area contributed by atoms with Gasteiger partial charge in [0.05, 0.1) is 33.2 Å². The van der Waals surface area contributed by atoms with Crippen LogP contribution < -0.4 is 10.1 Å². The fourth-order valence-electron chi connectivity index (χ4n) is 3.75. The van der Waals surface area contributed by atoms with Gasteiger partial charge in [0.25, 0.3) is 0 Å². The molecule has 0 spiro atoms. The SMILES string of the molecule is CCOC(=O)CC(CC(=O)OCC)(N[C@@H](Cc1ccc(-c2cccc(OC)c2)cc1)C(=O)O)P(=O)(O)O. The lowest BCUT2D eigenvalue weighted by atomic mass is 9.99. The molecule has 0 saturated carbocycles. The number of carboxylic acid groups (broad SMARTS) is 1. The van der Waals surface area contributed by atoms with Gasteiger partial charge in [-0.1, -0.05) is 36.4 Å². The fourth-order valence-corrected chi connectivity index (χ4v) is 4.75. The summed E-state index contributed by atoms with van der Waals surface area (Å²) in [5, 5.41) is 9.74. The molecule has 2 aromatic carbocycles. The first-order valence-corrected chi connectivity index (χ1v) is 13.2. The summed E-state index contributed by atoms with van der Waals surface area (Å²) in [5.41, 5.74) is 2.26. The number of benzene rings is 2. The van der Waals surface area contributed by atoms with Gasteiger partial charge in [-0.2, -0.15) is 0 Å². The molecule has 0 fully saturated rings. The molecule has 11 nitrogen and oxygen atoms in total. The second kappa shape index (κ2) is 13.3. The quantitative estimate of drug-likeness (QED) is 0.206. The second-order valence-electron chi connectivity index (χ2n) is 8.21. The van der Waals surface area contributed by atoms with E-state index in [-0.39, 0.29) is 19.6 Å². The van der Waals surface area contributed by atoms with Crippen LogP contribution in [0.3, 0.4) is 0 Å². The van der Waals surface area contributed by atoms with Gasteiger partial charge in [-0.15, -0.1) is 0 Å². The maximum Gasteiger partial charge on any atom is 0.346 e. The van der Waals surface area contributed by atoms with Crippen molar-refractivity contribution in [3.8, 4) is 16.9 Å². The Bertz CT molecular complexity index is 1110. The highest BCUT2D eigenvalue weighted by atomic mass is 31.2. The predicted molar refractivity (Wildman–Crippen MR) is 134 cm³/mol. The second-order valence-corrected chi connectivity index (χ2v) is 10.2. The van der Waals surface area contributed by atoms with Gasteiger partial charge in [0.1, 0.15) is 17.1 Å². The van der Waals surface area contributed by atoms with Crippen molar-refractivity contribution in [1.82, 2.24) is 5.32 Å². The number of nitrogens with one attached hydrogen (secondary N) is 1. The zero-order valence-corrected chi connectivity index (χ0v) is 21.8. The molecule has 0 aliphatic heterocycles. The van der Waals surface area contributed by atoms with Gasteiger partial charge in [-0.05, 0) is 49.1 Å². The van der Waals surface area contributed by atoms with E-state index in [0.717, 1.165) is 11.1 Å². The van der Waals surface area contributed by atoms with Gasteiger partial charge in [-0.25, -0.2) is 0 Å². The third-order valence-corrected chi connectivity index (χ3v) is 7.14. The van der Waals surface area contributed by atoms with E-state index >= 15 is 0 Å². The van der Waals surface area contributed by atoms with Crippen molar-refractivity contribution in [2.75, 3.05) is 20.3 Å². The number of ether oxygens (including phenoxy) is 3. The van der Waals surface area contributed by atoms with E-state index in [2.05, 4.69) is 5.32 Å². The van der Waals surface area contributed by atoms with Crippen LogP contribution in [0, 0.1) is 0 Å². The molecule has 2 aromatic rings. The smallest absolute Gasteiger partial charge is 0.346 e. The van der Waals surface area contributed by atoms with Crippen LogP contribution in [0.1, 0.15) is 32.3 Å². The van der Waals surface area contributed by atoms with Crippen molar-refractivity contribution in [1.29, 1.82) is 0 Å². The monoisotopic (exact) mass is 537 g/mol. The lowest BCUT2D eigenvalue weighted by molar-refractivity contribution is -0.149. The lowest BCUT2D eigenvalue weighted by Gasteiger charge is -2.36. The van der Waals surface area contributed by atoms with Gasteiger partial charge < -0.3 is 29.1 Å². The Kier molecular flexibility index (Phi) is 10.8. The molecule has 1 atom stereocenters. The Balaban J connectivity index is 2.37. The highest BCUT2D eigenvalue weighted by Gasteiger charge is 2.52. The molecular formula is C25H32NO10P. The molecule has 4 N–H and O–H groups in total. The molecule has 0 saturated heterocycles. The van der Waals surface area contributed by atoms with Gasteiger partial charge >= 0.3 is 25.5 Å². The molecule has 0 aliphatic rings. The lowest BCUT2D eigenvalue weighted by Crippen LogP contribution is -2.56. The Morgan fingerprint density at radius 3 is 1.97 bits per heavy atom. The number of carboxylic acids is 1. The van der Waals surface area contributed by atoms with Crippen molar-refractivity contribution in [2.24, 2.45) is 0 Å². The molecule has 37 heavy (non-hydrogen) atoms. The normalized spacial score (nSPS) is 12.5. The van der Waals surface area contributed by atoms with E-state index in [4.69, 9.17) is 14.2 Å². The minimum absolute atomic E-state index is 0.0719. The molecule has 0 unspecified atom stereocenters. The highest BCUT2D eigenvalue weighted by Crippen LogP contribution is 2.53. The topological polar surface area (TPSA) is 169 Å².